The lowest BCUT2D eigenvalue weighted by molar-refractivity contribution is -0.706. The van der Waals surface area contributed by atoms with Gasteiger partial charge in [0.2, 0.25) is 5.52 Å². The summed E-state index contributed by atoms with van der Waals surface area (Å²) in [6, 6.07) is 4.33. The quantitative estimate of drug-likeness (QED) is 0.476. The third kappa shape index (κ3) is 2.57. The molecule has 4 rings (SSSR count). The lowest BCUT2D eigenvalue weighted by atomic mass is 9.96. The van der Waals surface area contributed by atoms with Crippen LogP contribution in [0, 0.1) is 6.92 Å². The van der Waals surface area contributed by atoms with Crippen LogP contribution in [0.25, 0.3) is 22.1 Å². The number of halogens is 1. The van der Waals surface area contributed by atoms with E-state index in [9.17, 15) is 0 Å². The molecule has 0 atom stereocenters. The lowest BCUT2D eigenvalue weighted by Crippen LogP contribution is -2.42. The normalized spacial score (nSPS) is 17.3. The molecular formula is C19H24ClN4+. The van der Waals surface area contributed by atoms with Crippen molar-refractivity contribution in [1.82, 2.24) is 14.5 Å². The maximum atomic E-state index is 6.20. The fraction of sp³-hybridized carbons (Fsp3) is 0.526. The van der Waals surface area contributed by atoms with E-state index in [1.165, 1.54) is 56.3 Å². The van der Waals surface area contributed by atoms with Crippen molar-refractivity contribution in [2.24, 2.45) is 7.05 Å². The Balaban J connectivity index is 1.99. The molecule has 0 bridgehead atoms. The predicted octanol–water partition coefficient (Wildman–Crippen LogP) is 4.66. The Morgan fingerprint density at radius 3 is 2.58 bits per heavy atom. The minimum Gasteiger partial charge on any atom is -0.250 e. The van der Waals surface area contributed by atoms with Gasteiger partial charge in [-0.3, -0.25) is 0 Å². The number of hydrogen-bond acceptors (Lipinski definition) is 2. The Morgan fingerprint density at radius 1 is 1.12 bits per heavy atom. The Bertz CT molecular complexity index is 891. The molecular weight excluding hydrogens is 320 g/mol. The first-order valence-electron chi connectivity index (χ1n) is 8.98. The predicted molar refractivity (Wildman–Crippen MR) is 97.3 cm³/mol. The molecule has 1 fully saturated rings. The van der Waals surface area contributed by atoms with Crippen LogP contribution < -0.4 is 4.57 Å². The standard InChI is InChI=1S/C19H24ClN4/c1-13-23(2)16-12-21-15-10-11-17(20)22-18(15)19(16)24(13)14-8-6-4-3-5-7-9-14/h10-12,14H,3-9H2,1-2H3/q+1. The number of aromatic nitrogens is 4. The fourth-order valence-electron chi connectivity index (χ4n) is 4.14. The number of aryl methyl sites for hydroxylation is 1. The van der Waals surface area contributed by atoms with E-state index in [0.717, 1.165) is 16.6 Å². The largest absolute Gasteiger partial charge is 0.254 e. The van der Waals surface area contributed by atoms with Crippen LogP contribution >= 0.6 is 11.6 Å². The fourth-order valence-corrected chi connectivity index (χ4v) is 4.29. The van der Waals surface area contributed by atoms with Gasteiger partial charge in [0.05, 0.1) is 18.8 Å². The molecule has 4 nitrogen and oxygen atoms in total. The number of fused-ring (bicyclic) bond motifs is 3. The molecule has 3 aromatic rings. The zero-order chi connectivity index (χ0) is 16.7. The van der Waals surface area contributed by atoms with Gasteiger partial charge in [0, 0.05) is 6.92 Å². The zero-order valence-electron chi connectivity index (χ0n) is 14.4. The Hall–Kier alpha value is -1.68. The molecule has 0 aliphatic heterocycles. The summed E-state index contributed by atoms with van der Waals surface area (Å²) < 4.78 is 4.75. The van der Waals surface area contributed by atoms with Crippen molar-refractivity contribution in [2.45, 2.75) is 57.9 Å². The van der Waals surface area contributed by atoms with Gasteiger partial charge in [-0.05, 0) is 37.8 Å². The van der Waals surface area contributed by atoms with Crippen molar-refractivity contribution in [3.05, 3.63) is 29.3 Å². The second-order valence-electron chi connectivity index (χ2n) is 6.97. The highest BCUT2D eigenvalue weighted by Crippen LogP contribution is 2.28. The van der Waals surface area contributed by atoms with Crippen LogP contribution in [0.2, 0.25) is 5.15 Å². The summed E-state index contributed by atoms with van der Waals surface area (Å²) in [6.45, 7) is 2.20. The number of pyridine rings is 2. The molecule has 0 unspecified atom stereocenters. The molecule has 1 aliphatic carbocycles. The van der Waals surface area contributed by atoms with Gasteiger partial charge in [-0.2, -0.15) is 0 Å². The highest BCUT2D eigenvalue weighted by Gasteiger charge is 2.29. The summed E-state index contributed by atoms with van der Waals surface area (Å²) in [5.74, 6) is 1.27. The minimum absolute atomic E-state index is 0.530. The molecule has 126 valence electrons. The van der Waals surface area contributed by atoms with Crippen LogP contribution in [0.1, 0.15) is 56.8 Å². The molecule has 1 aliphatic rings. The summed E-state index contributed by atoms with van der Waals surface area (Å²) in [5.41, 5.74) is 4.16. The zero-order valence-corrected chi connectivity index (χ0v) is 15.2. The van der Waals surface area contributed by atoms with Crippen molar-refractivity contribution in [3.8, 4) is 0 Å². The van der Waals surface area contributed by atoms with Gasteiger partial charge in [0.15, 0.2) is 5.52 Å². The van der Waals surface area contributed by atoms with Crippen molar-refractivity contribution in [2.75, 3.05) is 0 Å². The maximum Gasteiger partial charge on any atom is 0.254 e. The average molecular weight is 344 g/mol. The van der Waals surface area contributed by atoms with Gasteiger partial charge in [-0.1, -0.05) is 30.9 Å². The van der Waals surface area contributed by atoms with Gasteiger partial charge in [-0.15, -0.1) is 0 Å². The SMILES string of the molecule is Cc1n(C)c2cnc3ccc(Cl)nc3c2[n+]1C1CCCCCCC1. The molecule has 0 spiro atoms. The van der Waals surface area contributed by atoms with Crippen LogP contribution in [0.5, 0.6) is 0 Å². The molecule has 1 saturated carbocycles. The molecule has 0 aromatic carbocycles. The summed E-state index contributed by atoms with van der Waals surface area (Å²) in [6.07, 6.45) is 11.2. The van der Waals surface area contributed by atoms with Crippen molar-refractivity contribution < 1.29 is 4.57 Å². The molecule has 0 N–H and O–H groups in total. The van der Waals surface area contributed by atoms with Gasteiger partial charge in [0.1, 0.15) is 16.7 Å². The molecule has 5 heteroatoms. The van der Waals surface area contributed by atoms with Gasteiger partial charge in [0.25, 0.3) is 5.82 Å². The summed E-state index contributed by atoms with van der Waals surface area (Å²) >= 11 is 6.20. The molecule has 0 saturated heterocycles. The maximum absolute atomic E-state index is 6.20. The first kappa shape index (κ1) is 15.8. The molecule has 0 radical (unpaired) electrons. The molecule has 24 heavy (non-hydrogen) atoms. The van der Waals surface area contributed by atoms with Crippen LogP contribution in [0.3, 0.4) is 0 Å². The van der Waals surface area contributed by atoms with Crippen LogP contribution in [-0.4, -0.2) is 14.5 Å². The lowest BCUT2D eigenvalue weighted by Gasteiger charge is -2.18. The topological polar surface area (TPSA) is 34.6 Å². The summed E-state index contributed by atoms with van der Waals surface area (Å²) in [5, 5.41) is 0.530. The summed E-state index contributed by atoms with van der Waals surface area (Å²) in [7, 11) is 2.12. The van der Waals surface area contributed by atoms with E-state index < -0.39 is 0 Å². The van der Waals surface area contributed by atoms with E-state index in [2.05, 4.69) is 33.1 Å². The van der Waals surface area contributed by atoms with Crippen LogP contribution in [-0.2, 0) is 7.05 Å². The van der Waals surface area contributed by atoms with Crippen molar-refractivity contribution in [1.29, 1.82) is 0 Å². The molecule has 0 amide bonds. The number of rotatable bonds is 1. The van der Waals surface area contributed by atoms with E-state index in [1.54, 1.807) is 0 Å². The number of imidazole rings is 1. The van der Waals surface area contributed by atoms with Crippen LogP contribution in [0.4, 0.5) is 0 Å². The van der Waals surface area contributed by atoms with Crippen molar-refractivity contribution in [3.63, 3.8) is 0 Å². The van der Waals surface area contributed by atoms with E-state index in [4.69, 9.17) is 11.6 Å². The van der Waals surface area contributed by atoms with Gasteiger partial charge in [-0.25, -0.2) is 19.1 Å². The van der Waals surface area contributed by atoms with Crippen molar-refractivity contribution >= 4 is 33.7 Å². The Labute approximate surface area is 147 Å². The Kier molecular flexibility index (Phi) is 4.17. The second kappa shape index (κ2) is 6.32. The van der Waals surface area contributed by atoms with E-state index in [0.29, 0.717) is 11.2 Å². The highest BCUT2D eigenvalue weighted by molar-refractivity contribution is 6.29. The third-order valence-electron chi connectivity index (χ3n) is 5.51. The first-order chi connectivity index (χ1) is 11.7. The number of hydrogen-bond donors (Lipinski definition) is 0. The van der Waals surface area contributed by atoms with Gasteiger partial charge >= 0.3 is 0 Å². The minimum atomic E-state index is 0.530. The van der Waals surface area contributed by atoms with Gasteiger partial charge < -0.3 is 0 Å². The second-order valence-corrected chi connectivity index (χ2v) is 7.36. The molecule has 3 aromatic heterocycles. The smallest absolute Gasteiger partial charge is 0.250 e. The third-order valence-corrected chi connectivity index (χ3v) is 5.72. The average Bonchev–Trinajstić information content (AvgIpc) is 2.80. The van der Waals surface area contributed by atoms with E-state index in [-0.39, 0.29) is 0 Å². The highest BCUT2D eigenvalue weighted by atomic mass is 35.5. The van der Waals surface area contributed by atoms with E-state index in [1.807, 2.05) is 18.3 Å². The first-order valence-corrected chi connectivity index (χ1v) is 9.36. The monoisotopic (exact) mass is 343 g/mol. The Morgan fingerprint density at radius 2 is 1.83 bits per heavy atom. The van der Waals surface area contributed by atoms with Crippen LogP contribution in [0.15, 0.2) is 18.3 Å². The van der Waals surface area contributed by atoms with E-state index >= 15 is 0 Å². The number of nitrogens with zero attached hydrogens (tertiary/aromatic N) is 4. The summed E-state index contributed by atoms with van der Waals surface area (Å²) in [4.78, 5) is 9.21. The molecule has 3 heterocycles.